The van der Waals surface area contributed by atoms with E-state index >= 15 is 0 Å². The molecule has 2 aromatic carbocycles. The molecule has 0 radical (unpaired) electrons. The number of aliphatic hydroxyl groups excluding tert-OH is 1. The number of hydrogen-bond donors (Lipinski definition) is 3. The molecule has 3 aliphatic rings. The van der Waals surface area contributed by atoms with Gasteiger partial charge in [0, 0.05) is 61.2 Å². The van der Waals surface area contributed by atoms with Gasteiger partial charge in [-0.05, 0) is 61.4 Å². The Morgan fingerprint density at radius 1 is 1.12 bits per heavy atom. The Hall–Kier alpha value is -4.78. The van der Waals surface area contributed by atoms with E-state index in [1.54, 1.807) is 19.2 Å². The number of aliphatic hydroxyl groups is 1. The first-order valence-corrected chi connectivity index (χ1v) is 17.2. The fourth-order valence-electron chi connectivity index (χ4n) is 7.83. The van der Waals surface area contributed by atoms with Crippen LogP contribution < -0.4 is 26.6 Å². The summed E-state index contributed by atoms with van der Waals surface area (Å²) in [4.78, 5) is 58.0. The molecule has 1 aliphatic carbocycles. The number of aryl methyl sites for hydroxylation is 1. The summed E-state index contributed by atoms with van der Waals surface area (Å²) in [7, 11) is 2.93. The van der Waals surface area contributed by atoms with Crippen molar-refractivity contribution in [1.82, 2.24) is 24.3 Å². The monoisotopic (exact) mass is 698 g/mol. The molecule has 4 aromatic rings. The molecule has 2 saturated heterocycles. The molecule has 2 fully saturated rings. The first kappa shape index (κ1) is 33.7. The molecular weight excluding hydrogens is 660 g/mol. The van der Waals surface area contributed by atoms with Gasteiger partial charge in [-0.1, -0.05) is 41.9 Å². The molecule has 2 amide bonds. The van der Waals surface area contributed by atoms with Crippen molar-refractivity contribution in [2.45, 2.75) is 57.2 Å². The normalized spacial score (nSPS) is 19.9. The molecule has 4 heterocycles. The lowest BCUT2D eigenvalue weighted by atomic mass is 9.96. The zero-order valence-electron chi connectivity index (χ0n) is 28.2. The van der Waals surface area contributed by atoms with E-state index in [-0.39, 0.29) is 36.2 Å². The molecule has 0 unspecified atom stereocenters. The fourth-order valence-corrected chi connectivity index (χ4v) is 8.16. The lowest BCUT2D eigenvalue weighted by Gasteiger charge is -2.28. The van der Waals surface area contributed by atoms with Gasteiger partial charge in [0.2, 0.25) is 11.8 Å². The summed E-state index contributed by atoms with van der Waals surface area (Å²) >= 11 is 7.16. The summed E-state index contributed by atoms with van der Waals surface area (Å²) in [6.45, 7) is 3.22. The van der Waals surface area contributed by atoms with Crippen LogP contribution in [0.15, 0.2) is 58.3 Å². The highest BCUT2D eigenvalue weighted by molar-refractivity contribution is 6.36. The van der Waals surface area contributed by atoms with E-state index in [0.717, 1.165) is 75.7 Å². The van der Waals surface area contributed by atoms with Crippen molar-refractivity contribution in [2.75, 3.05) is 32.1 Å². The number of halogens is 1. The SMILES string of the molecule is COc1nc(-c2cccc(-c3cccc(NC(=O)c4cn(CCO)c(=O)n(C)c4=O)c3C)c2Cl)cc2c1[C@@H](N1CC[C@@]3(CCC(=O)N3)C1)CC2. The molecule has 12 nitrogen and oxygen atoms in total. The number of benzene rings is 2. The Morgan fingerprint density at radius 2 is 1.88 bits per heavy atom. The van der Waals surface area contributed by atoms with Gasteiger partial charge in [-0.3, -0.25) is 28.4 Å². The van der Waals surface area contributed by atoms with Crippen LogP contribution in [-0.4, -0.2) is 68.3 Å². The molecule has 13 heteroatoms. The van der Waals surface area contributed by atoms with Crippen molar-refractivity contribution in [3.63, 3.8) is 0 Å². The number of likely N-dealkylation sites (tertiary alicyclic amines) is 1. The Labute approximate surface area is 293 Å². The van der Waals surface area contributed by atoms with Crippen LogP contribution in [0, 0.1) is 6.92 Å². The topological polar surface area (TPSA) is 148 Å². The first-order chi connectivity index (χ1) is 24.0. The van der Waals surface area contributed by atoms with Crippen LogP contribution in [-0.2, 0) is 24.8 Å². The average molecular weight is 699 g/mol. The number of carbonyl (C=O) groups excluding carboxylic acids is 2. The van der Waals surface area contributed by atoms with Gasteiger partial charge in [-0.15, -0.1) is 0 Å². The van der Waals surface area contributed by atoms with Crippen LogP contribution in [0.3, 0.4) is 0 Å². The van der Waals surface area contributed by atoms with Gasteiger partial charge in [-0.25, -0.2) is 9.78 Å². The number of carbonyl (C=O) groups is 2. The van der Waals surface area contributed by atoms with Crippen LogP contribution in [0.25, 0.3) is 22.4 Å². The third kappa shape index (κ3) is 5.80. The van der Waals surface area contributed by atoms with Gasteiger partial charge < -0.3 is 20.5 Å². The van der Waals surface area contributed by atoms with E-state index in [1.165, 1.54) is 18.8 Å². The highest BCUT2D eigenvalue weighted by Gasteiger charge is 2.46. The van der Waals surface area contributed by atoms with E-state index in [0.29, 0.717) is 28.7 Å². The summed E-state index contributed by atoms with van der Waals surface area (Å²) in [5, 5.41) is 15.9. The van der Waals surface area contributed by atoms with Crippen molar-refractivity contribution >= 4 is 29.1 Å². The molecule has 2 atom stereocenters. The van der Waals surface area contributed by atoms with E-state index in [9.17, 15) is 24.3 Å². The third-order valence-electron chi connectivity index (χ3n) is 10.5. The van der Waals surface area contributed by atoms with Crippen LogP contribution in [0.2, 0.25) is 5.02 Å². The molecule has 0 saturated carbocycles. The zero-order valence-corrected chi connectivity index (χ0v) is 29.0. The number of fused-ring (bicyclic) bond motifs is 1. The van der Waals surface area contributed by atoms with Crippen molar-refractivity contribution in [1.29, 1.82) is 0 Å². The molecule has 7 rings (SSSR count). The van der Waals surface area contributed by atoms with Gasteiger partial charge in [0.15, 0.2) is 0 Å². The number of anilines is 1. The van der Waals surface area contributed by atoms with Gasteiger partial charge in [-0.2, -0.15) is 0 Å². The Bertz CT molecular complexity index is 2160. The summed E-state index contributed by atoms with van der Waals surface area (Å²) in [6.07, 6.45) is 5.41. The third-order valence-corrected chi connectivity index (χ3v) is 10.9. The maximum Gasteiger partial charge on any atom is 0.330 e. The second kappa shape index (κ2) is 13.2. The number of nitrogens with zero attached hydrogens (tertiary/aromatic N) is 4. The minimum absolute atomic E-state index is 0.0535. The average Bonchev–Trinajstić information content (AvgIpc) is 3.83. The van der Waals surface area contributed by atoms with E-state index in [2.05, 4.69) is 21.6 Å². The van der Waals surface area contributed by atoms with Crippen LogP contribution in [0.4, 0.5) is 5.69 Å². The number of rotatable bonds is 8. The van der Waals surface area contributed by atoms with E-state index in [1.807, 2.05) is 31.2 Å². The van der Waals surface area contributed by atoms with Crippen LogP contribution >= 0.6 is 11.6 Å². The minimum atomic E-state index is -0.735. The van der Waals surface area contributed by atoms with Crippen LogP contribution in [0.1, 0.15) is 58.8 Å². The maximum absolute atomic E-state index is 13.3. The van der Waals surface area contributed by atoms with Gasteiger partial charge >= 0.3 is 5.69 Å². The quantitative estimate of drug-likeness (QED) is 0.252. The number of aromatic nitrogens is 3. The highest BCUT2D eigenvalue weighted by atomic mass is 35.5. The van der Waals surface area contributed by atoms with Gasteiger partial charge in [0.1, 0.15) is 5.56 Å². The zero-order chi connectivity index (χ0) is 35.3. The molecule has 3 N–H and O–H groups in total. The van der Waals surface area contributed by atoms with Crippen molar-refractivity contribution in [3.05, 3.63) is 96.8 Å². The fraction of sp³-hybridized carbons (Fsp3) is 0.378. The predicted octanol–water partition coefficient (Wildman–Crippen LogP) is 3.83. The van der Waals surface area contributed by atoms with Gasteiger partial charge in [0.05, 0.1) is 36.5 Å². The summed E-state index contributed by atoms with van der Waals surface area (Å²) in [5.74, 6) is 0.0394. The van der Waals surface area contributed by atoms with Crippen molar-refractivity contribution < 1.29 is 19.4 Å². The summed E-state index contributed by atoms with van der Waals surface area (Å²) in [6, 6.07) is 13.5. The lowest BCUT2D eigenvalue weighted by molar-refractivity contribution is -0.119. The number of amides is 2. The van der Waals surface area contributed by atoms with Crippen molar-refractivity contribution in [2.24, 2.45) is 7.05 Å². The van der Waals surface area contributed by atoms with E-state index < -0.39 is 17.2 Å². The molecule has 50 heavy (non-hydrogen) atoms. The molecule has 1 spiro atoms. The highest BCUT2D eigenvalue weighted by Crippen LogP contribution is 2.47. The Balaban J connectivity index is 1.18. The maximum atomic E-state index is 13.3. The first-order valence-electron chi connectivity index (χ1n) is 16.8. The Kier molecular flexibility index (Phi) is 8.87. The number of methoxy groups -OCH3 is 1. The number of pyridine rings is 1. The standard InChI is InChI=1S/C37H39ClN6O6/c1-21-23(6-5-9-27(21)39-33(47)26-19-43(16-17-45)36(49)42(2)35(26)48)24-7-4-8-25(32(24)38)28-18-22-10-11-29(31(22)34(40-28)50-3)44-15-14-37(20-44)13-12-30(46)41-37/h4-9,18-19,29,45H,10-17,20H2,1-3H3,(H,39,47)(H,41,46)/t29-,37-/m0/s1. The predicted molar refractivity (Wildman–Crippen MR) is 190 cm³/mol. The lowest BCUT2D eigenvalue weighted by Crippen LogP contribution is -2.44. The second-order valence-corrected chi connectivity index (χ2v) is 13.8. The molecule has 0 bridgehead atoms. The number of hydrogen-bond acceptors (Lipinski definition) is 8. The molecule has 260 valence electrons. The van der Waals surface area contributed by atoms with E-state index in [4.69, 9.17) is 21.3 Å². The van der Waals surface area contributed by atoms with Crippen LogP contribution in [0.5, 0.6) is 5.88 Å². The smallest absolute Gasteiger partial charge is 0.330 e. The Morgan fingerprint density at radius 3 is 2.62 bits per heavy atom. The second-order valence-electron chi connectivity index (χ2n) is 13.4. The molecular formula is C37H39ClN6O6. The number of nitrogens with one attached hydrogen (secondary N) is 2. The molecule has 2 aliphatic heterocycles. The number of ether oxygens (including phenoxy) is 1. The van der Waals surface area contributed by atoms with Gasteiger partial charge in [0.25, 0.3) is 11.5 Å². The largest absolute Gasteiger partial charge is 0.481 e. The minimum Gasteiger partial charge on any atom is -0.481 e. The molecule has 2 aromatic heterocycles. The summed E-state index contributed by atoms with van der Waals surface area (Å²) in [5.41, 5.74) is 4.73. The summed E-state index contributed by atoms with van der Waals surface area (Å²) < 4.78 is 7.88. The van der Waals surface area contributed by atoms with Crippen molar-refractivity contribution in [3.8, 4) is 28.3 Å².